The summed E-state index contributed by atoms with van der Waals surface area (Å²) < 4.78 is 29.9. The summed E-state index contributed by atoms with van der Waals surface area (Å²) in [7, 11) is 1.53. The molecule has 56 heavy (non-hydrogen) atoms. The number of phosphoric acid groups is 1. The minimum absolute atomic E-state index is 0.0188. The van der Waals surface area contributed by atoms with Crippen molar-refractivity contribution < 1.29 is 47.5 Å². The maximum absolute atomic E-state index is 12.7. The van der Waals surface area contributed by atoms with Crippen molar-refractivity contribution in [3.05, 3.63) is 24.3 Å². The van der Waals surface area contributed by atoms with Crippen LogP contribution >= 0.6 is 7.82 Å². The van der Waals surface area contributed by atoms with Gasteiger partial charge in [-0.05, 0) is 32.1 Å². The molecule has 0 bridgehead atoms. The van der Waals surface area contributed by atoms with Gasteiger partial charge in [0.25, 0.3) is 0 Å². The third-order valence-electron chi connectivity index (χ3n) is 10.5. The van der Waals surface area contributed by atoms with E-state index in [9.17, 15) is 29.3 Å². The molecule has 0 spiro atoms. The summed E-state index contributed by atoms with van der Waals surface area (Å²) in [6.07, 6.45) is 29.0. The predicted octanol–water partition coefficient (Wildman–Crippen LogP) is 8.99. The number of carbonyl (C=O) groups excluding carboxylic acids is 2. The molecule has 1 fully saturated rings. The molecule has 12 heteroatoms. The number of allylic oxidation sites excluding steroid dienone is 2. The molecule has 1 aliphatic rings. The first kappa shape index (κ1) is 52.6. The Morgan fingerprint density at radius 2 is 1.46 bits per heavy atom. The van der Waals surface area contributed by atoms with Crippen molar-refractivity contribution in [1.29, 1.82) is 0 Å². The fraction of sp³-hybridized carbons (Fsp3) is 0.864. The van der Waals surface area contributed by atoms with E-state index >= 15 is 0 Å². The number of aliphatic hydroxyl groups is 2. The first-order valence-electron chi connectivity index (χ1n) is 22.3. The van der Waals surface area contributed by atoms with Gasteiger partial charge in [0.05, 0.1) is 40.0 Å². The number of nitrogens with one attached hydrogen (secondary N) is 1. The Morgan fingerprint density at radius 1 is 0.875 bits per heavy atom. The number of aliphatic hydroxyl groups excluding tert-OH is 2. The fourth-order valence-electron chi connectivity index (χ4n) is 6.93. The molecule has 328 valence electrons. The first-order chi connectivity index (χ1) is 26.8. The number of quaternary nitrogens is 1. The van der Waals surface area contributed by atoms with E-state index in [0.717, 1.165) is 32.1 Å². The number of carbonyl (C=O) groups is 2. The second kappa shape index (κ2) is 32.4. The van der Waals surface area contributed by atoms with Crippen LogP contribution in [0.25, 0.3) is 0 Å². The summed E-state index contributed by atoms with van der Waals surface area (Å²) in [5.74, 6) is -0.803. The molecule has 0 heterocycles. The molecule has 1 aliphatic carbocycles. The number of ether oxygens (including phenoxy) is 1. The number of phosphoric ester groups is 1. The summed E-state index contributed by atoms with van der Waals surface area (Å²) in [5, 5.41) is 23.5. The van der Waals surface area contributed by atoms with Gasteiger partial charge < -0.3 is 29.6 Å². The maximum Gasteiger partial charge on any atom is 0.472 e. The molecule has 2 unspecified atom stereocenters. The number of likely N-dealkylation sites (N-methyl/N-ethyl adjacent to an activating group) is 1. The second-order valence-corrected chi connectivity index (χ2v) is 18.4. The number of ketones is 1. The lowest BCUT2D eigenvalue weighted by Crippen LogP contribution is -2.38. The highest BCUT2D eigenvalue weighted by molar-refractivity contribution is 7.47. The van der Waals surface area contributed by atoms with E-state index in [1.165, 1.54) is 77.0 Å². The lowest BCUT2D eigenvalue weighted by atomic mass is 9.90. The average Bonchev–Trinajstić information content (AvgIpc) is 3.40. The Hall–Kier alpha value is -1.43. The van der Waals surface area contributed by atoms with Crippen LogP contribution in [-0.2, 0) is 27.9 Å². The minimum Gasteiger partial charge on any atom is -0.392 e. The number of unbranched alkanes of at least 4 members (excludes halogenated alkanes) is 16. The van der Waals surface area contributed by atoms with Crippen LogP contribution in [0.1, 0.15) is 162 Å². The number of hydrogen-bond donors (Lipinski definition) is 4. The van der Waals surface area contributed by atoms with Gasteiger partial charge in [0.1, 0.15) is 25.0 Å². The van der Waals surface area contributed by atoms with Gasteiger partial charge in [-0.3, -0.25) is 18.6 Å². The van der Waals surface area contributed by atoms with Gasteiger partial charge >= 0.3 is 7.82 Å². The zero-order chi connectivity index (χ0) is 41.5. The van der Waals surface area contributed by atoms with Gasteiger partial charge in [0.2, 0.25) is 5.91 Å². The number of rotatable bonds is 37. The molecular weight excluding hydrogens is 731 g/mol. The second-order valence-electron chi connectivity index (χ2n) is 17.0. The molecular formula is C44H84N2O9P+. The van der Waals surface area contributed by atoms with E-state index in [1.807, 2.05) is 39.4 Å². The van der Waals surface area contributed by atoms with Crippen LogP contribution in [0.2, 0.25) is 0 Å². The lowest BCUT2D eigenvalue weighted by Gasteiger charge is -2.25. The summed E-state index contributed by atoms with van der Waals surface area (Å²) in [6, 6.07) is 0. The maximum atomic E-state index is 12.7. The van der Waals surface area contributed by atoms with Crippen molar-refractivity contribution in [2.45, 2.75) is 180 Å². The molecule has 0 saturated heterocycles. The van der Waals surface area contributed by atoms with E-state index < -0.39 is 26.1 Å². The van der Waals surface area contributed by atoms with Gasteiger partial charge in [-0.15, -0.1) is 0 Å². The normalized spacial score (nSPS) is 19.9. The number of hydrogen-bond acceptors (Lipinski definition) is 8. The van der Waals surface area contributed by atoms with Gasteiger partial charge in [0.15, 0.2) is 0 Å². The Kier molecular flexibility index (Phi) is 30.5. The molecule has 11 nitrogen and oxygen atoms in total. The van der Waals surface area contributed by atoms with E-state index in [-0.39, 0.29) is 56.1 Å². The molecule has 1 amide bonds. The summed E-state index contributed by atoms with van der Waals surface area (Å²) >= 11 is 0. The summed E-state index contributed by atoms with van der Waals surface area (Å²) in [4.78, 5) is 35.7. The largest absolute Gasteiger partial charge is 0.472 e. The Bertz CT molecular complexity index is 1110. The molecule has 0 aromatic rings. The van der Waals surface area contributed by atoms with Gasteiger partial charge in [-0.1, -0.05) is 141 Å². The third-order valence-corrected chi connectivity index (χ3v) is 11.6. The Labute approximate surface area is 341 Å². The number of nitrogens with zero attached hydrogens (tertiary/aromatic N) is 1. The van der Waals surface area contributed by atoms with Crippen molar-refractivity contribution in [2.24, 2.45) is 11.8 Å². The van der Waals surface area contributed by atoms with Crippen LogP contribution in [0.5, 0.6) is 0 Å². The third kappa shape index (κ3) is 28.9. The molecule has 0 aromatic heterocycles. The van der Waals surface area contributed by atoms with Gasteiger partial charge in [-0.25, -0.2) is 4.57 Å². The monoisotopic (exact) mass is 816 g/mol. The van der Waals surface area contributed by atoms with Gasteiger partial charge in [-0.2, -0.15) is 0 Å². The highest BCUT2D eigenvalue weighted by Gasteiger charge is 2.39. The summed E-state index contributed by atoms with van der Waals surface area (Å²) in [6.45, 7) is 5.55. The number of amides is 1. The molecule has 4 N–H and O–H groups in total. The van der Waals surface area contributed by atoms with Crippen molar-refractivity contribution >= 4 is 19.5 Å². The zero-order valence-electron chi connectivity index (χ0n) is 36.2. The van der Waals surface area contributed by atoms with Crippen LogP contribution in [0.3, 0.4) is 0 Å². The smallest absolute Gasteiger partial charge is 0.392 e. The molecule has 0 radical (unpaired) electrons. The van der Waals surface area contributed by atoms with Crippen LogP contribution in [0, 0.1) is 11.8 Å². The predicted molar refractivity (Wildman–Crippen MR) is 227 cm³/mol. The van der Waals surface area contributed by atoms with Crippen molar-refractivity contribution in [2.75, 3.05) is 54.1 Å². The summed E-state index contributed by atoms with van der Waals surface area (Å²) in [5.41, 5.74) is 0. The SMILES string of the molecule is CCCCCCCCCCCCCCCCOCC(CNC(=O)CCC/C=C\C[C@@H]1C(=O)C[C@@H](O)[C@@H]1/C=C/[C@@H](O)CCCCC)OP(=O)(O)OCC[N+](C)(C)C. The van der Waals surface area contributed by atoms with Crippen molar-refractivity contribution in [3.63, 3.8) is 0 Å². The van der Waals surface area contributed by atoms with Crippen molar-refractivity contribution in [1.82, 2.24) is 5.32 Å². The van der Waals surface area contributed by atoms with Crippen LogP contribution < -0.4 is 5.32 Å². The minimum atomic E-state index is -4.36. The van der Waals surface area contributed by atoms with Crippen LogP contribution in [-0.4, -0.2) is 104 Å². The molecule has 1 saturated carbocycles. The van der Waals surface area contributed by atoms with Gasteiger partial charge in [0, 0.05) is 37.8 Å². The quantitative estimate of drug-likeness (QED) is 0.0209. The van der Waals surface area contributed by atoms with Crippen LogP contribution in [0.15, 0.2) is 24.3 Å². The lowest BCUT2D eigenvalue weighted by molar-refractivity contribution is -0.870. The number of Topliss-reactive ketones (excluding diaryl/α,β-unsaturated/α-hetero) is 1. The van der Waals surface area contributed by atoms with E-state index in [2.05, 4.69) is 19.2 Å². The first-order valence-corrected chi connectivity index (χ1v) is 23.8. The fourth-order valence-corrected chi connectivity index (χ4v) is 7.82. The zero-order valence-corrected chi connectivity index (χ0v) is 37.1. The standard InChI is InChI=1S/C44H83N2O9P/c1-6-8-10-11-12-13-14-15-16-17-18-19-22-26-33-53-37-39(55-56(51,52)54-34-32-46(3,4)5)36-45-44(50)29-25-21-20-24-28-40-41(43(49)35-42(40)48)31-30-38(47)27-23-9-7-2/h20,24,30-31,38-41,43,47,49H,6-19,21-23,25-29,32-37H2,1-5H3,(H-,45,50,51,52)/p+1/b24-20-,31-30+/t38-,39?,40-,41+,43+/m0/s1. The molecule has 0 aromatic carbocycles. The Morgan fingerprint density at radius 3 is 2.07 bits per heavy atom. The van der Waals surface area contributed by atoms with Crippen molar-refractivity contribution in [3.8, 4) is 0 Å². The van der Waals surface area contributed by atoms with E-state index in [4.69, 9.17) is 13.8 Å². The highest BCUT2D eigenvalue weighted by Crippen LogP contribution is 2.44. The average molecular weight is 816 g/mol. The van der Waals surface area contributed by atoms with E-state index in [0.29, 0.717) is 43.3 Å². The molecule has 1 rings (SSSR count). The van der Waals surface area contributed by atoms with E-state index in [1.54, 1.807) is 6.08 Å². The Balaban J connectivity index is 2.43. The van der Waals surface area contributed by atoms with Crippen LogP contribution in [0.4, 0.5) is 0 Å². The highest BCUT2D eigenvalue weighted by atomic mass is 31.2. The molecule has 6 atom stereocenters. The molecule has 0 aliphatic heterocycles. The topological polar surface area (TPSA) is 152 Å².